The lowest BCUT2D eigenvalue weighted by molar-refractivity contribution is 1.18. The molecule has 3 heterocycles. The zero-order chi connectivity index (χ0) is 35.8. The van der Waals surface area contributed by atoms with Gasteiger partial charge in [-0.3, -0.25) is 0 Å². The van der Waals surface area contributed by atoms with Crippen molar-refractivity contribution >= 4 is 32.6 Å². The van der Waals surface area contributed by atoms with Crippen LogP contribution in [0.5, 0.6) is 0 Å². The van der Waals surface area contributed by atoms with Crippen LogP contribution in [0.15, 0.2) is 194 Å². The van der Waals surface area contributed by atoms with Crippen LogP contribution in [0.3, 0.4) is 0 Å². The number of aromatic nitrogens is 4. The van der Waals surface area contributed by atoms with E-state index in [1.165, 1.54) is 5.39 Å². The zero-order valence-corrected chi connectivity index (χ0v) is 29.3. The molecule has 0 radical (unpaired) electrons. The normalized spacial score (nSPS) is 11.3. The summed E-state index contributed by atoms with van der Waals surface area (Å²) in [5, 5.41) is 4.50. The highest BCUT2D eigenvalue weighted by Gasteiger charge is 2.16. The monoisotopic (exact) mass is 688 g/mol. The number of pyridine rings is 2. The van der Waals surface area contributed by atoms with Gasteiger partial charge in [0.25, 0.3) is 0 Å². The highest BCUT2D eigenvalue weighted by molar-refractivity contribution is 6.20. The molecule has 0 unspecified atom stereocenters. The van der Waals surface area contributed by atoms with Gasteiger partial charge >= 0.3 is 0 Å². The molecular weight excluding hydrogens is 657 g/mol. The predicted molar refractivity (Wildman–Crippen MR) is 223 cm³/mol. The van der Waals surface area contributed by atoms with E-state index in [1.54, 1.807) is 0 Å². The van der Waals surface area contributed by atoms with Crippen molar-refractivity contribution in [3.05, 3.63) is 194 Å². The SMILES string of the molecule is c1ccc(-c2cc(-c3ccc(-c4cccc(-c5nc6ccccc6c6ccc7nc(-c8ccccc8)ccc7c56)c4)cc3)nc(-c3ccccc3)n2)cc1. The summed E-state index contributed by atoms with van der Waals surface area (Å²) in [4.78, 5) is 20.4. The van der Waals surface area contributed by atoms with Crippen LogP contribution in [-0.4, -0.2) is 19.9 Å². The van der Waals surface area contributed by atoms with Crippen LogP contribution < -0.4 is 0 Å². The molecule has 0 fully saturated rings. The zero-order valence-electron chi connectivity index (χ0n) is 29.3. The molecule has 0 saturated heterocycles. The molecule has 0 atom stereocenters. The van der Waals surface area contributed by atoms with Crippen molar-refractivity contribution < 1.29 is 0 Å². The number of hydrogen-bond acceptors (Lipinski definition) is 4. The van der Waals surface area contributed by atoms with Gasteiger partial charge in [-0.05, 0) is 52.9 Å². The Hall–Kier alpha value is -7.30. The number of para-hydroxylation sites is 1. The molecule has 7 aromatic carbocycles. The molecular formula is C50H32N4. The Kier molecular flexibility index (Phi) is 7.77. The first-order chi connectivity index (χ1) is 26.7. The minimum absolute atomic E-state index is 0.706. The van der Waals surface area contributed by atoms with Gasteiger partial charge in [-0.1, -0.05) is 158 Å². The van der Waals surface area contributed by atoms with Gasteiger partial charge in [-0.25, -0.2) is 19.9 Å². The Labute approximate surface area is 313 Å². The van der Waals surface area contributed by atoms with E-state index in [4.69, 9.17) is 19.9 Å². The van der Waals surface area contributed by atoms with E-state index in [-0.39, 0.29) is 0 Å². The quantitative estimate of drug-likeness (QED) is 0.163. The maximum atomic E-state index is 5.32. The predicted octanol–water partition coefficient (Wildman–Crippen LogP) is 12.7. The second kappa shape index (κ2) is 13.4. The van der Waals surface area contributed by atoms with Crippen molar-refractivity contribution in [2.24, 2.45) is 0 Å². The molecule has 252 valence electrons. The smallest absolute Gasteiger partial charge is 0.160 e. The van der Waals surface area contributed by atoms with E-state index in [9.17, 15) is 0 Å². The first kappa shape index (κ1) is 31.4. The van der Waals surface area contributed by atoms with Gasteiger partial charge in [-0.2, -0.15) is 0 Å². The van der Waals surface area contributed by atoms with E-state index >= 15 is 0 Å². The lowest BCUT2D eigenvalue weighted by Gasteiger charge is -2.14. The molecule has 0 N–H and O–H groups in total. The molecule has 4 nitrogen and oxygen atoms in total. The van der Waals surface area contributed by atoms with E-state index in [0.717, 1.165) is 88.9 Å². The van der Waals surface area contributed by atoms with E-state index in [1.807, 2.05) is 42.5 Å². The van der Waals surface area contributed by atoms with Crippen molar-refractivity contribution in [3.63, 3.8) is 0 Å². The maximum absolute atomic E-state index is 5.32. The Balaban J connectivity index is 1.07. The minimum atomic E-state index is 0.706. The molecule has 10 aromatic rings. The van der Waals surface area contributed by atoms with Gasteiger partial charge in [0, 0.05) is 44.0 Å². The van der Waals surface area contributed by atoms with E-state index in [2.05, 4.69) is 152 Å². The first-order valence-corrected chi connectivity index (χ1v) is 18.1. The summed E-state index contributed by atoms with van der Waals surface area (Å²) in [7, 11) is 0. The molecule has 10 rings (SSSR count). The van der Waals surface area contributed by atoms with Gasteiger partial charge in [0.05, 0.1) is 33.8 Å². The summed E-state index contributed by atoms with van der Waals surface area (Å²) in [5.41, 5.74) is 13.1. The number of fused-ring (bicyclic) bond motifs is 5. The van der Waals surface area contributed by atoms with Gasteiger partial charge in [-0.15, -0.1) is 0 Å². The summed E-state index contributed by atoms with van der Waals surface area (Å²) < 4.78 is 0. The fourth-order valence-electron chi connectivity index (χ4n) is 7.39. The molecule has 3 aromatic heterocycles. The molecule has 0 saturated carbocycles. The van der Waals surface area contributed by atoms with E-state index in [0.29, 0.717) is 5.82 Å². The molecule has 0 aliphatic heterocycles. The van der Waals surface area contributed by atoms with Crippen molar-refractivity contribution in [1.82, 2.24) is 19.9 Å². The highest BCUT2D eigenvalue weighted by Crippen LogP contribution is 2.39. The standard InChI is InChI=1S/C50H32N4/c1-4-13-34(14-5-1)43-29-28-42-45(51-43)30-27-41-40-21-10-11-22-44(40)52-49(48(41)42)39-20-12-19-38(31-39)33-23-25-36(26-24-33)47-32-46(35-15-6-2-7-16-35)53-50(54-47)37-17-8-3-9-18-37/h1-32H. The number of benzene rings is 7. The number of rotatable bonds is 6. The average molecular weight is 689 g/mol. The lowest BCUT2D eigenvalue weighted by Crippen LogP contribution is -1.95. The summed E-state index contributed by atoms with van der Waals surface area (Å²) in [6.45, 7) is 0. The van der Waals surface area contributed by atoms with E-state index < -0.39 is 0 Å². The molecule has 0 bridgehead atoms. The van der Waals surface area contributed by atoms with Crippen molar-refractivity contribution in [3.8, 4) is 67.5 Å². The Morgan fingerprint density at radius 2 is 0.796 bits per heavy atom. The molecule has 0 amide bonds. The lowest BCUT2D eigenvalue weighted by atomic mass is 9.94. The third kappa shape index (κ3) is 5.76. The summed E-state index contributed by atoms with van der Waals surface area (Å²) >= 11 is 0. The second-order valence-corrected chi connectivity index (χ2v) is 13.4. The second-order valence-electron chi connectivity index (χ2n) is 13.4. The van der Waals surface area contributed by atoms with Crippen molar-refractivity contribution in [2.75, 3.05) is 0 Å². The molecule has 0 aliphatic carbocycles. The third-order valence-corrected chi connectivity index (χ3v) is 10.1. The van der Waals surface area contributed by atoms with Gasteiger partial charge in [0.2, 0.25) is 0 Å². The summed E-state index contributed by atoms with van der Waals surface area (Å²) in [6, 6.07) is 67.3. The summed E-state index contributed by atoms with van der Waals surface area (Å²) in [6.07, 6.45) is 0. The fraction of sp³-hybridized carbons (Fsp3) is 0. The van der Waals surface area contributed by atoms with Crippen LogP contribution in [0.4, 0.5) is 0 Å². The third-order valence-electron chi connectivity index (χ3n) is 10.1. The van der Waals surface area contributed by atoms with Crippen LogP contribution in [0.1, 0.15) is 0 Å². The molecule has 0 aliphatic rings. The molecule has 4 heteroatoms. The maximum Gasteiger partial charge on any atom is 0.160 e. The van der Waals surface area contributed by atoms with Gasteiger partial charge < -0.3 is 0 Å². The van der Waals surface area contributed by atoms with Crippen molar-refractivity contribution in [1.29, 1.82) is 0 Å². The Morgan fingerprint density at radius 3 is 1.52 bits per heavy atom. The number of hydrogen-bond donors (Lipinski definition) is 0. The van der Waals surface area contributed by atoms with Crippen molar-refractivity contribution in [2.45, 2.75) is 0 Å². The Morgan fingerprint density at radius 1 is 0.259 bits per heavy atom. The topological polar surface area (TPSA) is 51.6 Å². The van der Waals surface area contributed by atoms with Gasteiger partial charge in [0.15, 0.2) is 5.82 Å². The van der Waals surface area contributed by atoms with Crippen LogP contribution in [0, 0.1) is 0 Å². The molecule has 0 spiro atoms. The van der Waals surface area contributed by atoms with Crippen LogP contribution in [-0.2, 0) is 0 Å². The average Bonchev–Trinajstić information content (AvgIpc) is 3.26. The van der Waals surface area contributed by atoms with Crippen LogP contribution in [0.25, 0.3) is 100 Å². The first-order valence-electron chi connectivity index (χ1n) is 18.1. The highest BCUT2D eigenvalue weighted by atomic mass is 14.9. The molecule has 54 heavy (non-hydrogen) atoms. The Bertz CT molecular complexity index is 2900. The van der Waals surface area contributed by atoms with Crippen LogP contribution >= 0.6 is 0 Å². The summed E-state index contributed by atoms with van der Waals surface area (Å²) in [5.74, 6) is 0.706. The van der Waals surface area contributed by atoms with Gasteiger partial charge in [0.1, 0.15) is 0 Å². The largest absolute Gasteiger partial charge is 0.248 e. The fourth-order valence-corrected chi connectivity index (χ4v) is 7.39. The minimum Gasteiger partial charge on any atom is -0.248 e. The van der Waals surface area contributed by atoms with Crippen LogP contribution in [0.2, 0.25) is 0 Å². The number of nitrogens with zero attached hydrogens (tertiary/aromatic N) is 4.